The van der Waals surface area contributed by atoms with E-state index < -0.39 is 4.92 Å². The van der Waals surface area contributed by atoms with Gasteiger partial charge in [-0.05, 0) is 48.9 Å². The fraction of sp³-hybridized carbons (Fsp3) is 0.0588. The molecule has 0 unspecified atom stereocenters. The van der Waals surface area contributed by atoms with Crippen molar-refractivity contribution in [2.24, 2.45) is 0 Å². The first kappa shape index (κ1) is 17.4. The summed E-state index contributed by atoms with van der Waals surface area (Å²) in [5.41, 5.74) is 7.74. The van der Waals surface area contributed by atoms with Crippen molar-refractivity contribution in [2.45, 2.75) is 6.92 Å². The predicted octanol–water partition coefficient (Wildman–Crippen LogP) is 4.42. The average molecular weight is 371 g/mol. The number of nitrogens with one attached hydrogen (secondary N) is 2. The summed E-state index contributed by atoms with van der Waals surface area (Å²) in [5, 5.41) is 17.9. The van der Waals surface area contributed by atoms with Gasteiger partial charge < -0.3 is 16.4 Å². The van der Waals surface area contributed by atoms with Crippen LogP contribution in [0.15, 0.2) is 48.5 Å². The number of rotatable bonds is 5. The Hall–Kier alpha value is -3.39. The molecule has 0 bridgehead atoms. The number of aromatic nitrogens is 2. The summed E-state index contributed by atoms with van der Waals surface area (Å²) in [5.74, 6) is -0.105. The fourth-order valence-electron chi connectivity index (χ4n) is 2.32. The summed E-state index contributed by atoms with van der Waals surface area (Å²) >= 11 is 5.86. The minimum Gasteiger partial charge on any atom is -0.378 e. The number of anilines is 5. The van der Waals surface area contributed by atoms with Gasteiger partial charge in [0.2, 0.25) is 17.6 Å². The topological polar surface area (TPSA) is 119 Å². The number of nitrogen functional groups attached to an aromatic ring is 1. The third kappa shape index (κ3) is 3.98. The molecule has 8 nitrogen and oxygen atoms in total. The number of hydrogen-bond acceptors (Lipinski definition) is 7. The second-order valence-corrected chi connectivity index (χ2v) is 5.95. The molecule has 0 aliphatic carbocycles. The molecule has 26 heavy (non-hydrogen) atoms. The lowest BCUT2D eigenvalue weighted by molar-refractivity contribution is -0.383. The minimum absolute atomic E-state index is 0.00423. The summed E-state index contributed by atoms with van der Waals surface area (Å²) in [7, 11) is 0. The second-order valence-electron chi connectivity index (χ2n) is 5.51. The highest BCUT2D eigenvalue weighted by Crippen LogP contribution is 2.32. The van der Waals surface area contributed by atoms with Gasteiger partial charge in [-0.15, -0.1) is 0 Å². The molecule has 0 radical (unpaired) electrons. The van der Waals surface area contributed by atoms with E-state index >= 15 is 0 Å². The van der Waals surface area contributed by atoms with E-state index in [-0.39, 0.29) is 23.3 Å². The Morgan fingerprint density at radius 3 is 2.46 bits per heavy atom. The molecule has 0 spiro atoms. The number of nitrogens with two attached hydrogens (primary N) is 1. The van der Waals surface area contributed by atoms with Gasteiger partial charge in [0.1, 0.15) is 0 Å². The summed E-state index contributed by atoms with van der Waals surface area (Å²) in [6.07, 6.45) is 0. The van der Waals surface area contributed by atoms with E-state index in [1.807, 2.05) is 25.1 Å². The van der Waals surface area contributed by atoms with Crippen LogP contribution in [0.2, 0.25) is 5.02 Å². The fourth-order valence-corrected chi connectivity index (χ4v) is 2.44. The van der Waals surface area contributed by atoms with Crippen LogP contribution in [0.25, 0.3) is 0 Å². The largest absolute Gasteiger partial charge is 0.378 e. The van der Waals surface area contributed by atoms with Gasteiger partial charge in [-0.1, -0.05) is 23.7 Å². The summed E-state index contributed by atoms with van der Waals surface area (Å²) in [6.45, 7) is 1.92. The van der Waals surface area contributed by atoms with Crippen molar-refractivity contribution in [1.29, 1.82) is 0 Å². The van der Waals surface area contributed by atoms with Crippen molar-refractivity contribution < 1.29 is 4.92 Å². The summed E-state index contributed by atoms with van der Waals surface area (Å²) in [6, 6.07) is 14.2. The van der Waals surface area contributed by atoms with E-state index in [0.717, 1.165) is 5.56 Å². The number of nitro groups is 1. The smallest absolute Gasteiger partial charge is 0.353 e. The molecule has 3 aromatic rings. The molecular weight excluding hydrogens is 356 g/mol. The molecule has 0 saturated carbocycles. The molecule has 132 valence electrons. The van der Waals surface area contributed by atoms with E-state index in [1.165, 1.54) is 0 Å². The van der Waals surface area contributed by atoms with Crippen LogP contribution in [0, 0.1) is 17.0 Å². The third-order valence-electron chi connectivity index (χ3n) is 3.47. The minimum atomic E-state index is -0.612. The molecule has 0 amide bonds. The molecule has 9 heteroatoms. The highest BCUT2D eigenvalue weighted by atomic mass is 35.5. The van der Waals surface area contributed by atoms with Crippen molar-refractivity contribution in [3.63, 3.8) is 0 Å². The summed E-state index contributed by atoms with van der Waals surface area (Å²) < 4.78 is 0. The Bertz CT molecular complexity index is 962. The maximum atomic E-state index is 11.4. The predicted molar refractivity (Wildman–Crippen MR) is 102 cm³/mol. The monoisotopic (exact) mass is 370 g/mol. The number of aryl methyl sites for hydroxylation is 1. The SMILES string of the molecule is Cc1cccc(Nc2nc(Nc3ccc(Cl)cc3)nc(N)c2[N+](=O)[O-])c1. The van der Waals surface area contributed by atoms with Crippen LogP contribution in [-0.2, 0) is 0 Å². The lowest BCUT2D eigenvalue weighted by Gasteiger charge is -2.11. The van der Waals surface area contributed by atoms with Gasteiger partial charge in [-0.25, -0.2) is 0 Å². The van der Waals surface area contributed by atoms with Crippen LogP contribution < -0.4 is 16.4 Å². The van der Waals surface area contributed by atoms with Crippen LogP contribution in [0.3, 0.4) is 0 Å². The van der Waals surface area contributed by atoms with Gasteiger partial charge in [0.25, 0.3) is 0 Å². The van der Waals surface area contributed by atoms with Gasteiger partial charge in [0, 0.05) is 16.4 Å². The van der Waals surface area contributed by atoms with Crippen molar-refractivity contribution in [2.75, 3.05) is 16.4 Å². The van der Waals surface area contributed by atoms with Crippen LogP contribution in [0.5, 0.6) is 0 Å². The maximum Gasteiger partial charge on any atom is 0.353 e. The molecule has 3 rings (SSSR count). The van der Waals surface area contributed by atoms with Crippen LogP contribution >= 0.6 is 11.6 Å². The molecule has 0 aliphatic heterocycles. The number of benzene rings is 2. The van der Waals surface area contributed by atoms with E-state index in [2.05, 4.69) is 20.6 Å². The first-order valence-electron chi connectivity index (χ1n) is 7.60. The number of halogens is 1. The van der Waals surface area contributed by atoms with Crippen molar-refractivity contribution in [3.8, 4) is 0 Å². The van der Waals surface area contributed by atoms with Gasteiger partial charge in [-0.3, -0.25) is 10.1 Å². The van der Waals surface area contributed by atoms with Crippen LogP contribution in [0.4, 0.5) is 34.6 Å². The standard InChI is InChI=1S/C17H15ClN6O2/c1-10-3-2-4-13(9-10)20-16-14(24(25)26)15(19)22-17(23-16)21-12-7-5-11(18)6-8-12/h2-9H,1H3,(H4,19,20,21,22,23). The Balaban J connectivity index is 1.98. The lowest BCUT2D eigenvalue weighted by atomic mass is 10.2. The highest BCUT2D eigenvalue weighted by Gasteiger charge is 2.23. The van der Waals surface area contributed by atoms with Crippen molar-refractivity contribution >= 4 is 46.2 Å². The van der Waals surface area contributed by atoms with Crippen molar-refractivity contribution in [1.82, 2.24) is 9.97 Å². The zero-order valence-corrected chi connectivity index (χ0v) is 14.5. The second kappa shape index (κ2) is 7.24. The van der Waals surface area contributed by atoms with Gasteiger partial charge in [-0.2, -0.15) is 9.97 Å². The number of nitrogens with zero attached hydrogens (tertiary/aromatic N) is 3. The van der Waals surface area contributed by atoms with E-state index in [4.69, 9.17) is 17.3 Å². The quantitative estimate of drug-likeness (QED) is 0.449. The molecule has 2 aromatic carbocycles. The Morgan fingerprint density at radius 1 is 1.08 bits per heavy atom. The molecular formula is C17H15ClN6O2. The average Bonchev–Trinajstić information content (AvgIpc) is 2.56. The molecule has 0 atom stereocenters. The van der Waals surface area contributed by atoms with Crippen LogP contribution in [0.1, 0.15) is 5.56 Å². The number of hydrogen-bond donors (Lipinski definition) is 3. The Kier molecular flexibility index (Phi) is 4.85. The summed E-state index contributed by atoms with van der Waals surface area (Å²) in [4.78, 5) is 18.9. The zero-order valence-electron chi connectivity index (χ0n) is 13.7. The van der Waals surface area contributed by atoms with E-state index in [0.29, 0.717) is 16.4 Å². The first-order valence-corrected chi connectivity index (χ1v) is 7.98. The molecule has 0 aliphatic rings. The van der Waals surface area contributed by atoms with E-state index in [9.17, 15) is 10.1 Å². The molecule has 0 saturated heterocycles. The molecule has 1 aromatic heterocycles. The zero-order chi connectivity index (χ0) is 18.7. The Morgan fingerprint density at radius 2 is 1.81 bits per heavy atom. The first-order chi connectivity index (χ1) is 12.4. The molecule has 0 fully saturated rings. The van der Waals surface area contributed by atoms with Gasteiger partial charge in [0.05, 0.1) is 4.92 Å². The van der Waals surface area contributed by atoms with Gasteiger partial charge in [0.15, 0.2) is 0 Å². The highest BCUT2D eigenvalue weighted by molar-refractivity contribution is 6.30. The molecule has 1 heterocycles. The van der Waals surface area contributed by atoms with E-state index in [1.54, 1.807) is 30.3 Å². The van der Waals surface area contributed by atoms with Crippen molar-refractivity contribution in [3.05, 3.63) is 69.2 Å². The normalized spacial score (nSPS) is 10.4. The van der Waals surface area contributed by atoms with Crippen LogP contribution in [-0.4, -0.2) is 14.9 Å². The Labute approximate surface area is 154 Å². The van der Waals surface area contributed by atoms with Gasteiger partial charge >= 0.3 is 5.69 Å². The lowest BCUT2D eigenvalue weighted by Crippen LogP contribution is -2.08. The maximum absolute atomic E-state index is 11.4. The third-order valence-corrected chi connectivity index (χ3v) is 3.73. The molecule has 4 N–H and O–H groups in total.